The highest BCUT2D eigenvalue weighted by atomic mass is 16.1. The minimum atomic E-state index is -0.183. The number of aldehydes is 1. The highest BCUT2D eigenvalue weighted by Gasteiger charge is 2.14. The van der Waals surface area contributed by atoms with Crippen LogP contribution in [-0.2, 0) is 6.42 Å². The van der Waals surface area contributed by atoms with Crippen LogP contribution < -0.4 is 5.56 Å². The third-order valence-corrected chi connectivity index (χ3v) is 3.64. The molecule has 0 atom stereocenters. The number of carbonyl (C=O) groups is 1. The molecule has 0 unspecified atom stereocenters. The van der Waals surface area contributed by atoms with Crippen LogP contribution in [-0.4, -0.2) is 21.5 Å². The number of aryl methyl sites for hydroxylation is 2. The van der Waals surface area contributed by atoms with E-state index in [0.29, 0.717) is 17.4 Å². The molecule has 0 radical (unpaired) electrons. The molecule has 21 heavy (non-hydrogen) atoms. The minimum Gasteiger partial charge on any atom is -0.361 e. The van der Waals surface area contributed by atoms with Crippen molar-refractivity contribution < 1.29 is 4.79 Å². The van der Waals surface area contributed by atoms with Gasteiger partial charge in [0.05, 0.1) is 11.1 Å². The van der Waals surface area contributed by atoms with Crippen LogP contribution in [0.25, 0.3) is 10.8 Å². The van der Waals surface area contributed by atoms with Crippen LogP contribution in [0.15, 0.2) is 29.1 Å². The molecule has 0 spiro atoms. The lowest BCUT2D eigenvalue weighted by molar-refractivity contribution is 0.112. The highest BCUT2D eigenvalue weighted by Crippen LogP contribution is 2.22. The zero-order chi connectivity index (χ0) is 15.0. The summed E-state index contributed by atoms with van der Waals surface area (Å²) in [5.74, 6) is 0. The average molecular weight is 281 g/mol. The highest BCUT2D eigenvalue weighted by molar-refractivity contribution is 5.89. The zero-order valence-electron chi connectivity index (χ0n) is 11.9. The van der Waals surface area contributed by atoms with E-state index in [1.807, 2.05) is 32.0 Å². The first-order valence-corrected chi connectivity index (χ1v) is 6.70. The molecule has 0 amide bonds. The summed E-state index contributed by atoms with van der Waals surface area (Å²) >= 11 is 0. The third kappa shape index (κ3) is 2.27. The Balaban J connectivity index is 2.15. The molecule has 2 aromatic heterocycles. The maximum absolute atomic E-state index is 11.9. The summed E-state index contributed by atoms with van der Waals surface area (Å²) in [5, 5.41) is 8.26. The molecule has 2 N–H and O–H groups in total. The van der Waals surface area contributed by atoms with Crippen LogP contribution in [0.4, 0.5) is 0 Å². The number of rotatable bonds is 3. The molecule has 0 fully saturated rings. The monoisotopic (exact) mass is 281 g/mol. The molecule has 0 saturated carbocycles. The molecule has 5 heteroatoms. The molecule has 0 aliphatic carbocycles. The molecule has 3 rings (SSSR count). The lowest BCUT2D eigenvalue weighted by Crippen LogP contribution is -2.11. The van der Waals surface area contributed by atoms with Gasteiger partial charge in [-0.1, -0.05) is 18.2 Å². The van der Waals surface area contributed by atoms with Crippen molar-refractivity contribution in [3.05, 3.63) is 62.8 Å². The van der Waals surface area contributed by atoms with Crippen molar-refractivity contribution in [2.45, 2.75) is 20.3 Å². The lowest BCUT2D eigenvalue weighted by atomic mass is 10.0. The SMILES string of the molecule is Cc1[nH]c(C)c2c(=O)[nH]nc(Cc3cccc(C=O)c3)c12. The number of hydrogen-bond donors (Lipinski definition) is 2. The molecular formula is C16H15N3O2. The Morgan fingerprint density at radius 2 is 1.95 bits per heavy atom. The fraction of sp³-hybridized carbons (Fsp3) is 0.188. The van der Waals surface area contributed by atoms with Crippen LogP contribution in [0.2, 0.25) is 0 Å². The van der Waals surface area contributed by atoms with E-state index in [0.717, 1.165) is 34.3 Å². The van der Waals surface area contributed by atoms with E-state index in [9.17, 15) is 9.59 Å². The van der Waals surface area contributed by atoms with Crippen LogP contribution in [0.3, 0.4) is 0 Å². The number of fused-ring (bicyclic) bond motifs is 1. The summed E-state index contributed by atoms with van der Waals surface area (Å²) in [4.78, 5) is 26.0. The quantitative estimate of drug-likeness (QED) is 0.723. The molecule has 0 bridgehead atoms. The Morgan fingerprint density at radius 1 is 1.19 bits per heavy atom. The maximum Gasteiger partial charge on any atom is 0.273 e. The van der Waals surface area contributed by atoms with Gasteiger partial charge in [0.25, 0.3) is 5.56 Å². The van der Waals surface area contributed by atoms with Gasteiger partial charge in [-0.05, 0) is 25.5 Å². The van der Waals surface area contributed by atoms with Gasteiger partial charge < -0.3 is 4.98 Å². The van der Waals surface area contributed by atoms with Crippen LogP contribution in [0, 0.1) is 13.8 Å². The van der Waals surface area contributed by atoms with Crippen LogP contribution >= 0.6 is 0 Å². The molecule has 5 nitrogen and oxygen atoms in total. The summed E-state index contributed by atoms with van der Waals surface area (Å²) in [6.45, 7) is 3.81. The van der Waals surface area contributed by atoms with Gasteiger partial charge in [0.1, 0.15) is 6.29 Å². The number of hydrogen-bond acceptors (Lipinski definition) is 3. The first kappa shape index (κ1) is 13.3. The smallest absolute Gasteiger partial charge is 0.273 e. The number of H-pyrrole nitrogens is 2. The van der Waals surface area contributed by atoms with Crippen molar-refractivity contribution in [2.24, 2.45) is 0 Å². The van der Waals surface area contributed by atoms with Gasteiger partial charge in [-0.25, -0.2) is 5.10 Å². The first-order valence-electron chi connectivity index (χ1n) is 6.70. The fourth-order valence-corrected chi connectivity index (χ4v) is 2.75. The van der Waals surface area contributed by atoms with Gasteiger partial charge in [-0.15, -0.1) is 0 Å². The van der Waals surface area contributed by atoms with Crippen molar-refractivity contribution in [2.75, 3.05) is 0 Å². The number of nitrogens with one attached hydrogen (secondary N) is 2. The fourth-order valence-electron chi connectivity index (χ4n) is 2.75. The van der Waals surface area contributed by atoms with Crippen molar-refractivity contribution in [3.63, 3.8) is 0 Å². The Labute approximate surface area is 121 Å². The van der Waals surface area contributed by atoms with Crippen molar-refractivity contribution in [3.8, 4) is 0 Å². The Morgan fingerprint density at radius 3 is 2.71 bits per heavy atom. The second kappa shape index (κ2) is 5.01. The number of benzene rings is 1. The predicted octanol–water partition coefficient (Wildman–Crippen LogP) is 2.27. The summed E-state index contributed by atoms with van der Waals surface area (Å²) in [7, 11) is 0. The van der Waals surface area contributed by atoms with E-state index in [-0.39, 0.29) is 5.56 Å². The number of aromatic nitrogens is 3. The van der Waals surface area contributed by atoms with Crippen LogP contribution in [0.1, 0.15) is 33.0 Å². The van der Waals surface area contributed by atoms with Crippen molar-refractivity contribution in [1.29, 1.82) is 0 Å². The largest absolute Gasteiger partial charge is 0.361 e. The van der Waals surface area contributed by atoms with Gasteiger partial charge in [0.15, 0.2) is 0 Å². The van der Waals surface area contributed by atoms with E-state index in [4.69, 9.17) is 0 Å². The second-order valence-corrected chi connectivity index (χ2v) is 5.16. The molecule has 0 aliphatic rings. The zero-order valence-corrected chi connectivity index (χ0v) is 11.9. The molecule has 0 aliphatic heterocycles. The summed E-state index contributed by atoms with van der Waals surface area (Å²) in [6.07, 6.45) is 1.39. The molecule has 1 aromatic carbocycles. The summed E-state index contributed by atoms with van der Waals surface area (Å²) in [6, 6.07) is 7.39. The van der Waals surface area contributed by atoms with Crippen molar-refractivity contribution in [1.82, 2.24) is 15.2 Å². The van der Waals surface area contributed by atoms with E-state index < -0.39 is 0 Å². The first-order chi connectivity index (χ1) is 10.1. The van der Waals surface area contributed by atoms with E-state index in [1.165, 1.54) is 0 Å². The average Bonchev–Trinajstić information content (AvgIpc) is 2.78. The minimum absolute atomic E-state index is 0.183. The Bertz CT molecular complexity index is 890. The van der Waals surface area contributed by atoms with Gasteiger partial charge in [0.2, 0.25) is 0 Å². The Hall–Kier alpha value is -2.69. The predicted molar refractivity (Wildman–Crippen MR) is 80.8 cm³/mol. The molecule has 2 heterocycles. The maximum atomic E-state index is 11.9. The molecular weight excluding hydrogens is 266 g/mol. The number of nitrogens with zero attached hydrogens (tertiary/aromatic N) is 1. The normalized spacial score (nSPS) is 11.0. The van der Waals surface area contributed by atoms with E-state index in [1.54, 1.807) is 6.07 Å². The van der Waals surface area contributed by atoms with E-state index >= 15 is 0 Å². The molecule has 0 saturated heterocycles. The van der Waals surface area contributed by atoms with Gasteiger partial charge >= 0.3 is 0 Å². The Kier molecular flexibility index (Phi) is 3.17. The van der Waals surface area contributed by atoms with Gasteiger partial charge in [-0.2, -0.15) is 5.10 Å². The standard InChI is InChI=1S/C16H15N3O2/c1-9-14-13(7-11-4-3-5-12(6-11)8-20)18-19-16(21)15(14)10(2)17-9/h3-6,8,17H,7H2,1-2H3,(H,19,21). The van der Waals surface area contributed by atoms with Gasteiger partial charge in [0, 0.05) is 28.8 Å². The third-order valence-electron chi connectivity index (χ3n) is 3.64. The lowest BCUT2D eigenvalue weighted by Gasteiger charge is -2.04. The van der Waals surface area contributed by atoms with Crippen molar-refractivity contribution >= 4 is 17.1 Å². The summed E-state index contributed by atoms with van der Waals surface area (Å²) < 4.78 is 0. The van der Waals surface area contributed by atoms with Gasteiger partial charge in [-0.3, -0.25) is 9.59 Å². The summed E-state index contributed by atoms with van der Waals surface area (Å²) in [5.41, 5.74) is 4.01. The second-order valence-electron chi connectivity index (χ2n) is 5.16. The van der Waals surface area contributed by atoms with E-state index in [2.05, 4.69) is 15.2 Å². The van der Waals surface area contributed by atoms with Crippen LogP contribution in [0.5, 0.6) is 0 Å². The molecule has 106 valence electrons. The number of carbonyl (C=O) groups excluding carboxylic acids is 1. The number of aromatic amines is 2. The topological polar surface area (TPSA) is 78.6 Å². The molecule has 3 aromatic rings.